The van der Waals surface area contributed by atoms with E-state index in [1.54, 1.807) is 0 Å². The highest BCUT2D eigenvalue weighted by Gasteiger charge is 2.29. The van der Waals surface area contributed by atoms with Gasteiger partial charge in [0.2, 0.25) is 0 Å². The van der Waals surface area contributed by atoms with Crippen molar-refractivity contribution in [3.05, 3.63) is 0 Å². The zero-order valence-electron chi connectivity index (χ0n) is 5.49. The van der Waals surface area contributed by atoms with E-state index in [0.717, 1.165) is 12.8 Å². The predicted molar refractivity (Wildman–Crippen MR) is 32.6 cm³/mol. The van der Waals surface area contributed by atoms with Crippen molar-refractivity contribution in [3.63, 3.8) is 0 Å². The second-order valence-electron chi connectivity index (χ2n) is 2.39. The molecule has 0 bridgehead atoms. The lowest BCUT2D eigenvalue weighted by molar-refractivity contribution is -0.153. The number of carbonyl (C=O) groups is 1. The van der Waals surface area contributed by atoms with E-state index >= 15 is 0 Å². The third-order valence-corrected chi connectivity index (χ3v) is 1.60. The van der Waals surface area contributed by atoms with Gasteiger partial charge < -0.3 is 14.9 Å². The summed E-state index contributed by atoms with van der Waals surface area (Å²) in [7, 11) is 0. The second-order valence-corrected chi connectivity index (χ2v) is 2.39. The van der Waals surface area contributed by atoms with Crippen LogP contribution in [0.2, 0.25) is 0 Å². The van der Waals surface area contributed by atoms with Gasteiger partial charge >= 0.3 is 5.97 Å². The number of ether oxygens (including phenoxy) is 1. The van der Waals surface area contributed by atoms with E-state index in [4.69, 9.17) is 14.9 Å². The first-order valence-electron chi connectivity index (χ1n) is 3.21. The van der Waals surface area contributed by atoms with Gasteiger partial charge in [-0.2, -0.15) is 0 Å². The molecule has 0 aliphatic heterocycles. The predicted octanol–water partition coefficient (Wildman–Crippen LogP) is -0.389. The highest BCUT2D eigenvalue weighted by atomic mass is 16.5. The highest BCUT2D eigenvalue weighted by molar-refractivity contribution is 5.68. The third-order valence-electron chi connectivity index (χ3n) is 1.60. The molecule has 0 amide bonds. The van der Waals surface area contributed by atoms with E-state index < -0.39 is 12.1 Å². The summed E-state index contributed by atoms with van der Waals surface area (Å²) >= 11 is 0. The molecule has 4 heteroatoms. The number of aliphatic hydroxyl groups excluding tert-OH is 1. The Balaban J connectivity index is 2.08. The molecule has 4 nitrogen and oxygen atoms in total. The van der Waals surface area contributed by atoms with Crippen molar-refractivity contribution in [2.45, 2.75) is 25.0 Å². The highest BCUT2D eigenvalue weighted by Crippen LogP contribution is 2.22. The number of hydrogen-bond donors (Lipinski definition) is 2. The fourth-order valence-electron chi connectivity index (χ4n) is 0.825. The average molecular weight is 146 g/mol. The van der Waals surface area contributed by atoms with Crippen LogP contribution in [0.25, 0.3) is 0 Å². The maximum atomic E-state index is 9.94. The van der Waals surface area contributed by atoms with Crippen LogP contribution in [0.3, 0.4) is 0 Å². The van der Waals surface area contributed by atoms with Gasteiger partial charge in [0.05, 0.1) is 12.2 Å². The summed E-state index contributed by atoms with van der Waals surface area (Å²) in [6, 6.07) is 0. The average Bonchev–Trinajstić information content (AvgIpc) is 1.84. The van der Waals surface area contributed by atoms with E-state index in [1.165, 1.54) is 0 Å². The fraction of sp³-hybridized carbons (Fsp3) is 0.833. The normalized spacial score (nSPS) is 31.3. The number of rotatable bonds is 3. The van der Waals surface area contributed by atoms with Crippen LogP contribution in [0.1, 0.15) is 12.8 Å². The summed E-state index contributed by atoms with van der Waals surface area (Å²) in [6.07, 6.45) is 0.814. The lowest BCUT2D eigenvalue weighted by atomic mass is 9.92. The standard InChI is InChI=1S/C6H10O4/c7-4-1-2-5(4)10-3-6(8)9/h4-5,7H,1-3H2,(H,8,9). The topological polar surface area (TPSA) is 66.8 Å². The lowest BCUT2D eigenvalue weighted by Gasteiger charge is -2.31. The molecule has 0 aromatic rings. The van der Waals surface area contributed by atoms with Crippen LogP contribution < -0.4 is 0 Å². The molecule has 1 rings (SSSR count). The van der Waals surface area contributed by atoms with Gasteiger partial charge in [-0.3, -0.25) is 0 Å². The van der Waals surface area contributed by atoms with Crippen molar-refractivity contribution >= 4 is 5.97 Å². The Morgan fingerprint density at radius 2 is 2.30 bits per heavy atom. The van der Waals surface area contributed by atoms with Crippen molar-refractivity contribution in [3.8, 4) is 0 Å². The van der Waals surface area contributed by atoms with Crippen LogP contribution in [0.15, 0.2) is 0 Å². The van der Waals surface area contributed by atoms with Crippen LogP contribution in [-0.2, 0) is 9.53 Å². The molecule has 2 atom stereocenters. The number of aliphatic hydroxyl groups is 1. The minimum Gasteiger partial charge on any atom is -0.480 e. The molecule has 0 aromatic heterocycles. The van der Waals surface area contributed by atoms with E-state index in [9.17, 15) is 4.79 Å². The van der Waals surface area contributed by atoms with Gasteiger partial charge in [0.25, 0.3) is 0 Å². The monoisotopic (exact) mass is 146 g/mol. The molecule has 0 aromatic carbocycles. The molecule has 10 heavy (non-hydrogen) atoms. The molecular formula is C6H10O4. The molecule has 0 heterocycles. The van der Waals surface area contributed by atoms with Crippen LogP contribution in [-0.4, -0.2) is 35.0 Å². The van der Waals surface area contributed by atoms with Crippen LogP contribution >= 0.6 is 0 Å². The SMILES string of the molecule is O=C(O)COC1CCC1O. The van der Waals surface area contributed by atoms with E-state index in [1.807, 2.05) is 0 Å². The lowest BCUT2D eigenvalue weighted by Crippen LogP contribution is -2.39. The van der Waals surface area contributed by atoms with Gasteiger partial charge in [0.15, 0.2) is 0 Å². The van der Waals surface area contributed by atoms with E-state index in [-0.39, 0.29) is 12.7 Å². The van der Waals surface area contributed by atoms with Gasteiger partial charge in [-0.05, 0) is 12.8 Å². The Morgan fingerprint density at radius 1 is 1.60 bits per heavy atom. The van der Waals surface area contributed by atoms with Crippen molar-refractivity contribution < 1.29 is 19.7 Å². The molecule has 1 fully saturated rings. The van der Waals surface area contributed by atoms with Crippen molar-refractivity contribution in [1.29, 1.82) is 0 Å². The maximum Gasteiger partial charge on any atom is 0.329 e. The summed E-state index contributed by atoms with van der Waals surface area (Å²) in [5, 5.41) is 17.1. The molecule has 2 N–H and O–H groups in total. The van der Waals surface area contributed by atoms with Crippen molar-refractivity contribution in [2.75, 3.05) is 6.61 Å². The Hall–Kier alpha value is -0.610. The number of carboxylic acids is 1. The van der Waals surface area contributed by atoms with Gasteiger partial charge in [0.1, 0.15) is 6.61 Å². The minimum absolute atomic E-state index is 0.240. The van der Waals surface area contributed by atoms with Crippen molar-refractivity contribution in [2.24, 2.45) is 0 Å². The zero-order valence-corrected chi connectivity index (χ0v) is 5.49. The van der Waals surface area contributed by atoms with E-state index in [0.29, 0.717) is 0 Å². The zero-order chi connectivity index (χ0) is 7.56. The number of aliphatic carboxylic acids is 1. The third kappa shape index (κ3) is 1.68. The first-order chi connectivity index (χ1) is 4.70. The largest absolute Gasteiger partial charge is 0.480 e. The number of carboxylic acid groups (broad SMARTS) is 1. The maximum absolute atomic E-state index is 9.94. The molecule has 0 radical (unpaired) electrons. The molecule has 1 saturated carbocycles. The van der Waals surface area contributed by atoms with Crippen LogP contribution in [0.4, 0.5) is 0 Å². The molecule has 1 aliphatic carbocycles. The van der Waals surface area contributed by atoms with Crippen LogP contribution in [0, 0.1) is 0 Å². The summed E-state index contributed by atoms with van der Waals surface area (Å²) in [6.45, 7) is -0.304. The van der Waals surface area contributed by atoms with E-state index in [2.05, 4.69) is 0 Å². The summed E-state index contributed by atoms with van der Waals surface area (Å²) in [5.41, 5.74) is 0. The number of hydrogen-bond acceptors (Lipinski definition) is 3. The smallest absolute Gasteiger partial charge is 0.329 e. The molecule has 0 spiro atoms. The van der Waals surface area contributed by atoms with Gasteiger partial charge in [-0.1, -0.05) is 0 Å². The molecule has 0 saturated heterocycles. The van der Waals surface area contributed by atoms with Gasteiger partial charge in [-0.15, -0.1) is 0 Å². The van der Waals surface area contributed by atoms with Gasteiger partial charge in [0, 0.05) is 0 Å². The summed E-state index contributed by atoms with van der Waals surface area (Å²) < 4.78 is 4.80. The Morgan fingerprint density at radius 3 is 2.60 bits per heavy atom. The molecule has 58 valence electrons. The fourth-order valence-corrected chi connectivity index (χ4v) is 0.825. The van der Waals surface area contributed by atoms with Crippen molar-refractivity contribution in [1.82, 2.24) is 0 Å². The molecule has 1 aliphatic rings. The Kier molecular flexibility index (Phi) is 2.24. The quantitative estimate of drug-likeness (QED) is 0.569. The molecule has 2 unspecified atom stereocenters. The van der Waals surface area contributed by atoms with Crippen LogP contribution in [0.5, 0.6) is 0 Å². The Bertz CT molecular complexity index is 134. The summed E-state index contributed by atoms with van der Waals surface area (Å²) in [4.78, 5) is 9.94. The first-order valence-corrected chi connectivity index (χ1v) is 3.21. The first kappa shape index (κ1) is 7.50. The minimum atomic E-state index is -0.987. The Labute approximate surface area is 58.4 Å². The van der Waals surface area contributed by atoms with Gasteiger partial charge in [-0.25, -0.2) is 4.79 Å². The second kappa shape index (κ2) is 2.98. The molecular weight excluding hydrogens is 136 g/mol. The summed E-state index contributed by atoms with van der Waals surface area (Å²) in [5.74, 6) is -0.987.